The number of fused-ring (bicyclic) bond motifs is 1. The van der Waals surface area contributed by atoms with Crippen molar-refractivity contribution in [3.63, 3.8) is 0 Å². The molecular weight excluding hydrogens is 246 g/mol. The van der Waals surface area contributed by atoms with Crippen LogP contribution in [-0.2, 0) is 12.8 Å². The van der Waals surface area contributed by atoms with Crippen molar-refractivity contribution in [1.29, 1.82) is 5.26 Å². The van der Waals surface area contributed by atoms with E-state index in [9.17, 15) is 5.26 Å². The van der Waals surface area contributed by atoms with E-state index in [0.717, 1.165) is 30.1 Å². The minimum Gasteiger partial charge on any atom is -0.366 e. The Labute approximate surface area is 121 Å². The van der Waals surface area contributed by atoms with Crippen LogP contribution in [0.2, 0.25) is 0 Å². The lowest BCUT2D eigenvalue weighted by Crippen LogP contribution is -2.25. The summed E-state index contributed by atoms with van der Waals surface area (Å²) in [6, 6.07) is 4.79. The van der Waals surface area contributed by atoms with Crippen molar-refractivity contribution in [2.24, 2.45) is 5.92 Å². The average Bonchev–Trinajstić information content (AvgIpc) is 3.01. The molecule has 1 atom stereocenters. The molecule has 1 unspecified atom stereocenters. The molecule has 0 aliphatic heterocycles. The van der Waals surface area contributed by atoms with Gasteiger partial charge in [0.1, 0.15) is 11.9 Å². The Bertz CT molecular complexity index is 524. The lowest BCUT2D eigenvalue weighted by molar-refractivity contribution is 0.480. The number of rotatable bonds is 3. The Morgan fingerprint density at radius 2 is 2.00 bits per heavy atom. The molecular formula is C17H23N3. The molecule has 0 aromatic carbocycles. The van der Waals surface area contributed by atoms with Gasteiger partial charge < -0.3 is 5.32 Å². The number of nitrogens with zero attached hydrogens (tertiary/aromatic N) is 2. The van der Waals surface area contributed by atoms with E-state index in [1.54, 1.807) is 0 Å². The second-order valence-electron chi connectivity index (χ2n) is 6.29. The molecule has 106 valence electrons. The molecule has 1 heterocycles. The number of anilines is 1. The molecule has 1 aromatic heterocycles. The first-order valence-electron chi connectivity index (χ1n) is 7.97. The van der Waals surface area contributed by atoms with Crippen LogP contribution in [0.4, 0.5) is 5.82 Å². The van der Waals surface area contributed by atoms with Crippen molar-refractivity contribution in [2.75, 3.05) is 5.32 Å². The lowest BCUT2D eigenvalue weighted by atomic mass is 9.94. The van der Waals surface area contributed by atoms with Crippen molar-refractivity contribution in [3.05, 3.63) is 22.9 Å². The Morgan fingerprint density at radius 1 is 1.25 bits per heavy atom. The third-order valence-electron chi connectivity index (χ3n) is 4.89. The molecule has 0 bridgehead atoms. The monoisotopic (exact) mass is 269 g/mol. The highest BCUT2D eigenvalue weighted by molar-refractivity contribution is 5.55. The van der Waals surface area contributed by atoms with Gasteiger partial charge in [0.15, 0.2) is 0 Å². The highest BCUT2D eigenvalue weighted by Gasteiger charge is 2.23. The van der Waals surface area contributed by atoms with Crippen molar-refractivity contribution in [3.8, 4) is 6.07 Å². The van der Waals surface area contributed by atoms with Crippen LogP contribution in [0.5, 0.6) is 0 Å². The van der Waals surface area contributed by atoms with Crippen molar-refractivity contribution < 1.29 is 0 Å². The highest BCUT2D eigenvalue weighted by atomic mass is 15.0. The normalized spacial score (nSPS) is 20.2. The Hall–Kier alpha value is -1.56. The number of nitrogens with one attached hydrogen (secondary N) is 1. The van der Waals surface area contributed by atoms with Gasteiger partial charge in [-0.2, -0.15) is 5.26 Å². The van der Waals surface area contributed by atoms with E-state index >= 15 is 0 Å². The third kappa shape index (κ3) is 2.65. The van der Waals surface area contributed by atoms with Crippen molar-refractivity contribution >= 4 is 5.82 Å². The van der Waals surface area contributed by atoms with Gasteiger partial charge in [-0.15, -0.1) is 0 Å². The molecule has 2 aliphatic carbocycles. The number of hydrogen-bond acceptors (Lipinski definition) is 3. The van der Waals surface area contributed by atoms with Crippen LogP contribution in [0, 0.1) is 17.2 Å². The Morgan fingerprint density at radius 3 is 2.75 bits per heavy atom. The fourth-order valence-electron chi connectivity index (χ4n) is 3.62. The number of aryl methyl sites for hydroxylation is 2. The number of pyridine rings is 1. The zero-order valence-corrected chi connectivity index (χ0v) is 12.3. The molecule has 3 rings (SSSR count). The van der Waals surface area contributed by atoms with Gasteiger partial charge in [0.25, 0.3) is 0 Å². The van der Waals surface area contributed by atoms with Crippen LogP contribution in [0.1, 0.15) is 62.3 Å². The summed E-state index contributed by atoms with van der Waals surface area (Å²) in [5.41, 5.74) is 3.21. The maximum Gasteiger partial charge on any atom is 0.144 e. The van der Waals surface area contributed by atoms with Gasteiger partial charge in [-0.05, 0) is 63.0 Å². The fourth-order valence-corrected chi connectivity index (χ4v) is 3.62. The van der Waals surface area contributed by atoms with Crippen LogP contribution in [0.15, 0.2) is 6.07 Å². The van der Waals surface area contributed by atoms with Crippen molar-refractivity contribution in [2.45, 2.75) is 64.3 Å². The molecule has 20 heavy (non-hydrogen) atoms. The van der Waals surface area contributed by atoms with E-state index in [4.69, 9.17) is 4.98 Å². The van der Waals surface area contributed by atoms with Crippen LogP contribution < -0.4 is 5.32 Å². The minimum atomic E-state index is 0.416. The van der Waals surface area contributed by atoms with Gasteiger partial charge in [-0.1, -0.05) is 12.8 Å². The maximum absolute atomic E-state index is 9.37. The van der Waals surface area contributed by atoms with Crippen LogP contribution in [0.25, 0.3) is 0 Å². The summed E-state index contributed by atoms with van der Waals surface area (Å²) >= 11 is 0. The van der Waals surface area contributed by atoms with Crippen LogP contribution in [-0.4, -0.2) is 11.0 Å². The molecule has 1 saturated carbocycles. The van der Waals surface area contributed by atoms with Gasteiger partial charge in [0, 0.05) is 11.7 Å². The molecule has 1 fully saturated rings. The van der Waals surface area contributed by atoms with Gasteiger partial charge >= 0.3 is 0 Å². The quantitative estimate of drug-likeness (QED) is 0.907. The van der Waals surface area contributed by atoms with E-state index in [0.29, 0.717) is 6.04 Å². The predicted molar refractivity (Wildman–Crippen MR) is 80.6 cm³/mol. The second kappa shape index (κ2) is 5.83. The molecule has 0 saturated heterocycles. The summed E-state index contributed by atoms with van der Waals surface area (Å²) < 4.78 is 0. The summed E-state index contributed by atoms with van der Waals surface area (Å²) in [6.45, 7) is 2.23. The van der Waals surface area contributed by atoms with E-state index in [2.05, 4.69) is 24.4 Å². The first-order chi connectivity index (χ1) is 9.78. The summed E-state index contributed by atoms with van der Waals surface area (Å²) in [7, 11) is 0. The number of nitriles is 1. The number of hydrogen-bond donors (Lipinski definition) is 1. The second-order valence-corrected chi connectivity index (χ2v) is 6.29. The standard InChI is InChI=1S/C17H23N3/c1-12(13-6-2-3-7-13)19-17-15(11-18)10-14-8-4-5-9-16(14)20-17/h10,12-13H,2-9H2,1H3,(H,19,20). The van der Waals surface area contributed by atoms with Crippen LogP contribution >= 0.6 is 0 Å². The van der Waals surface area contributed by atoms with Gasteiger partial charge in [-0.3, -0.25) is 0 Å². The minimum absolute atomic E-state index is 0.416. The smallest absolute Gasteiger partial charge is 0.144 e. The number of aromatic nitrogens is 1. The fraction of sp³-hybridized carbons (Fsp3) is 0.647. The van der Waals surface area contributed by atoms with E-state index in [-0.39, 0.29) is 0 Å². The Balaban J connectivity index is 1.82. The largest absolute Gasteiger partial charge is 0.366 e. The molecule has 1 N–H and O–H groups in total. The van der Waals surface area contributed by atoms with E-state index in [1.807, 2.05) is 0 Å². The summed E-state index contributed by atoms with van der Waals surface area (Å²) in [4.78, 5) is 4.76. The first kappa shape index (κ1) is 13.4. The zero-order valence-electron chi connectivity index (χ0n) is 12.3. The Kier molecular flexibility index (Phi) is 3.91. The summed E-state index contributed by atoms with van der Waals surface area (Å²) in [5.74, 6) is 1.55. The third-order valence-corrected chi connectivity index (χ3v) is 4.89. The van der Waals surface area contributed by atoms with Gasteiger partial charge in [0.05, 0.1) is 5.56 Å². The van der Waals surface area contributed by atoms with E-state index in [1.165, 1.54) is 49.8 Å². The highest BCUT2D eigenvalue weighted by Crippen LogP contribution is 2.30. The SMILES string of the molecule is CC(Nc1nc2c(cc1C#N)CCCC2)C1CCCC1. The molecule has 0 spiro atoms. The van der Waals surface area contributed by atoms with Gasteiger partial charge in [-0.25, -0.2) is 4.98 Å². The zero-order chi connectivity index (χ0) is 13.9. The first-order valence-corrected chi connectivity index (χ1v) is 7.97. The molecule has 0 amide bonds. The van der Waals surface area contributed by atoms with E-state index < -0.39 is 0 Å². The van der Waals surface area contributed by atoms with Crippen LogP contribution in [0.3, 0.4) is 0 Å². The predicted octanol–water partition coefficient (Wildman–Crippen LogP) is 3.82. The molecule has 0 radical (unpaired) electrons. The maximum atomic E-state index is 9.37. The molecule has 3 nitrogen and oxygen atoms in total. The summed E-state index contributed by atoms with van der Waals surface area (Å²) in [6.07, 6.45) is 9.90. The van der Waals surface area contributed by atoms with Gasteiger partial charge in [0.2, 0.25) is 0 Å². The molecule has 3 heteroatoms. The topological polar surface area (TPSA) is 48.7 Å². The molecule has 1 aromatic rings. The molecule has 2 aliphatic rings. The lowest BCUT2D eigenvalue weighted by Gasteiger charge is -2.23. The summed E-state index contributed by atoms with van der Waals surface area (Å²) in [5, 5.41) is 12.9. The average molecular weight is 269 g/mol. The van der Waals surface area contributed by atoms with Crippen molar-refractivity contribution in [1.82, 2.24) is 4.98 Å².